The van der Waals surface area contributed by atoms with Gasteiger partial charge in [0.25, 0.3) is 0 Å². The van der Waals surface area contributed by atoms with Crippen LogP contribution in [0.2, 0.25) is 0 Å². The summed E-state index contributed by atoms with van der Waals surface area (Å²) in [5.41, 5.74) is -3.86. The molecule has 0 amide bonds. The normalized spacial score (nSPS) is 10.6. The van der Waals surface area contributed by atoms with Gasteiger partial charge in [0.05, 0.1) is 40.8 Å². The molecule has 0 aliphatic carbocycles. The first-order valence-corrected chi connectivity index (χ1v) is 17.9. The quantitative estimate of drug-likeness (QED) is 0.174. The summed E-state index contributed by atoms with van der Waals surface area (Å²) in [6.07, 6.45) is 18.4. The minimum Gasteiger partial charge on any atom is -0.853 e. The average molecular weight is 615 g/mol. The zero-order valence-corrected chi connectivity index (χ0v) is 27.4. The number of nitrogens with zero attached hydrogens (tertiary/aromatic N) is 6. The second-order valence-electron chi connectivity index (χ2n) is 9.09. The Hall–Kier alpha value is -2.88. The summed E-state index contributed by atoms with van der Waals surface area (Å²) in [7, 11) is 5.01. The van der Waals surface area contributed by atoms with Crippen LogP contribution in [0.1, 0.15) is 20.8 Å². The monoisotopic (exact) mass is 614 g/mol. The van der Waals surface area contributed by atoms with Crippen molar-refractivity contribution in [1.82, 2.24) is 13.7 Å². The maximum Gasteiger partial charge on any atom is 0.243 e. The van der Waals surface area contributed by atoms with Gasteiger partial charge in [-0.25, -0.2) is 27.4 Å². The van der Waals surface area contributed by atoms with E-state index in [4.69, 9.17) is 0 Å². The standard InChI is InChI=1S/C12H10O2PS2.3C6H11N2/c13-15(14,16)17(11-7-3-1-4-8-11)12-9-5-2-6-10-12;3*1-3-8-5-4-7(2)6-8/h1-10H;3*4-6H,3H2,1-2H3/q-3;3*+1. The highest BCUT2D eigenvalue weighted by Crippen LogP contribution is 2.37. The van der Waals surface area contributed by atoms with Crippen LogP contribution in [0.5, 0.6) is 0 Å². The van der Waals surface area contributed by atoms with Gasteiger partial charge >= 0.3 is 0 Å². The minimum atomic E-state index is -3.86. The Morgan fingerprint density at radius 2 is 0.902 bits per heavy atom. The summed E-state index contributed by atoms with van der Waals surface area (Å²) in [5.74, 6) is 0. The molecule has 0 spiro atoms. The Morgan fingerprint density at radius 1 is 0.610 bits per heavy atom. The van der Waals surface area contributed by atoms with E-state index >= 15 is 0 Å². The summed E-state index contributed by atoms with van der Waals surface area (Å²) in [5, 5.41) is 0. The SMILES string of the molecule is CCn1cc[n+](C)c1.CCn1cc[n+](C)c1.CCn1cc[n+](C)c1.[O-]P([O-])([S-])=S(c1ccccc1)c1ccccc1. The lowest BCUT2D eigenvalue weighted by Gasteiger charge is -2.53. The molecule has 0 saturated carbocycles. The molecule has 222 valence electrons. The summed E-state index contributed by atoms with van der Waals surface area (Å²) in [6.45, 7) is 9.54. The van der Waals surface area contributed by atoms with Crippen LogP contribution >= 0.6 is 5.69 Å². The third-order valence-corrected chi connectivity index (χ3v) is 11.6. The zero-order valence-electron chi connectivity index (χ0n) is 24.9. The van der Waals surface area contributed by atoms with Gasteiger partial charge in [-0.2, -0.15) is 10.1 Å². The van der Waals surface area contributed by atoms with Crippen LogP contribution in [0.4, 0.5) is 0 Å². The van der Waals surface area contributed by atoms with E-state index in [0.717, 1.165) is 29.4 Å². The van der Waals surface area contributed by atoms with Crippen LogP contribution in [0.15, 0.2) is 127 Å². The van der Waals surface area contributed by atoms with Gasteiger partial charge in [0.15, 0.2) is 0 Å². The van der Waals surface area contributed by atoms with E-state index in [1.807, 2.05) is 89.8 Å². The molecular weight excluding hydrogens is 571 g/mol. The van der Waals surface area contributed by atoms with Crippen molar-refractivity contribution in [3.05, 3.63) is 117 Å². The van der Waals surface area contributed by atoms with Crippen molar-refractivity contribution < 1.29 is 23.5 Å². The lowest BCUT2D eigenvalue weighted by Crippen LogP contribution is -2.23. The molecule has 0 bridgehead atoms. The van der Waals surface area contributed by atoms with Crippen LogP contribution in [0.25, 0.3) is 0 Å². The van der Waals surface area contributed by atoms with E-state index in [2.05, 4.69) is 84.3 Å². The molecule has 0 N–H and O–H groups in total. The van der Waals surface area contributed by atoms with Gasteiger partial charge in [-0.15, -0.1) is 0 Å². The molecule has 0 aliphatic heterocycles. The van der Waals surface area contributed by atoms with Crippen LogP contribution < -0.4 is 23.5 Å². The van der Waals surface area contributed by atoms with Crippen molar-refractivity contribution in [1.29, 1.82) is 0 Å². The summed E-state index contributed by atoms with van der Waals surface area (Å²) >= 11 is 4.68. The lowest BCUT2D eigenvalue weighted by molar-refractivity contribution is -0.671. The molecule has 5 rings (SSSR count). The predicted molar refractivity (Wildman–Crippen MR) is 165 cm³/mol. The number of aryl methyl sites for hydroxylation is 6. The number of hydrogen-bond donors (Lipinski definition) is 0. The van der Waals surface area contributed by atoms with Crippen LogP contribution in [0.3, 0.4) is 0 Å². The van der Waals surface area contributed by atoms with E-state index < -0.39 is 15.8 Å². The van der Waals surface area contributed by atoms with Gasteiger partial charge in [-0.1, -0.05) is 36.4 Å². The first kappa shape index (κ1) is 34.3. The maximum absolute atomic E-state index is 11.8. The summed E-state index contributed by atoms with van der Waals surface area (Å²) in [4.78, 5) is 25.1. The van der Waals surface area contributed by atoms with E-state index in [0.29, 0.717) is 0 Å². The third-order valence-electron chi connectivity index (χ3n) is 5.72. The Balaban J connectivity index is 0.000000207. The topological polar surface area (TPSA) is 72.5 Å². The van der Waals surface area contributed by atoms with Gasteiger partial charge in [0.2, 0.25) is 19.0 Å². The van der Waals surface area contributed by atoms with Gasteiger partial charge in [0.1, 0.15) is 37.2 Å². The number of rotatable bonds is 5. The van der Waals surface area contributed by atoms with Crippen LogP contribution in [-0.4, -0.2) is 13.7 Å². The molecule has 0 atom stereocenters. The Bertz CT molecular complexity index is 1330. The minimum absolute atomic E-state index is 0.743. The Kier molecular flexibility index (Phi) is 14.9. The first-order valence-electron chi connectivity index (χ1n) is 13.5. The molecule has 0 saturated heterocycles. The zero-order chi connectivity index (χ0) is 30.3. The molecule has 0 fully saturated rings. The maximum atomic E-state index is 11.8. The largest absolute Gasteiger partial charge is 0.853 e. The van der Waals surface area contributed by atoms with E-state index in [9.17, 15) is 9.79 Å². The van der Waals surface area contributed by atoms with Gasteiger partial charge in [-0.3, -0.25) is 0 Å². The van der Waals surface area contributed by atoms with Crippen molar-refractivity contribution in [3.8, 4) is 0 Å². The van der Waals surface area contributed by atoms with Crippen molar-refractivity contribution in [3.63, 3.8) is 0 Å². The van der Waals surface area contributed by atoms with Gasteiger partial charge in [0, 0.05) is 9.79 Å². The number of imidazole rings is 3. The lowest BCUT2D eigenvalue weighted by atomic mass is 10.4. The highest BCUT2D eigenvalue weighted by molar-refractivity contribution is 8.57. The number of benzene rings is 2. The van der Waals surface area contributed by atoms with Crippen LogP contribution in [0, 0.1) is 0 Å². The van der Waals surface area contributed by atoms with Crippen molar-refractivity contribution in [2.45, 2.75) is 50.2 Å². The Morgan fingerprint density at radius 3 is 1.07 bits per heavy atom. The predicted octanol–water partition coefficient (Wildman–Crippen LogP) is 2.67. The number of hydrogen-bond acceptors (Lipinski definition) is 3. The van der Waals surface area contributed by atoms with E-state index in [-0.39, 0.29) is 0 Å². The molecule has 41 heavy (non-hydrogen) atoms. The van der Waals surface area contributed by atoms with Gasteiger partial charge in [-0.05, 0) is 45.0 Å². The molecule has 2 aromatic carbocycles. The highest BCUT2D eigenvalue weighted by Gasteiger charge is 2.00. The molecule has 3 aromatic heterocycles. The van der Waals surface area contributed by atoms with E-state index in [1.54, 1.807) is 24.3 Å². The van der Waals surface area contributed by atoms with Crippen molar-refractivity contribution >= 4 is 28.0 Å². The fourth-order valence-corrected chi connectivity index (χ4v) is 9.01. The highest BCUT2D eigenvalue weighted by atomic mass is 32.9. The molecule has 11 heteroatoms. The summed E-state index contributed by atoms with van der Waals surface area (Å²) in [6, 6.07) is 18.2. The second-order valence-corrected chi connectivity index (χ2v) is 16.2. The molecule has 0 radical (unpaired) electrons. The van der Waals surface area contributed by atoms with Crippen LogP contribution in [-0.2, 0) is 63.1 Å². The van der Waals surface area contributed by atoms with Gasteiger partial charge < -0.3 is 27.7 Å². The Labute approximate surface area is 252 Å². The molecule has 8 nitrogen and oxygen atoms in total. The second kappa shape index (κ2) is 17.8. The van der Waals surface area contributed by atoms with E-state index in [1.165, 1.54) is 0 Å². The average Bonchev–Trinajstić information content (AvgIpc) is 3.71. The first-order chi connectivity index (χ1) is 19.6. The number of aromatic nitrogens is 6. The fraction of sp³-hybridized carbons (Fsp3) is 0.300. The molecular formula is C30H43N6O2PS2. The summed E-state index contributed by atoms with van der Waals surface area (Å²) < 4.78 is 12.5. The third kappa shape index (κ3) is 12.7. The molecule has 0 unspecified atom stereocenters. The molecule has 0 aliphatic rings. The van der Waals surface area contributed by atoms with Crippen molar-refractivity contribution in [2.75, 3.05) is 0 Å². The smallest absolute Gasteiger partial charge is 0.243 e. The molecule has 5 aromatic rings. The van der Waals surface area contributed by atoms with Crippen molar-refractivity contribution in [2.24, 2.45) is 21.1 Å². The fourth-order valence-electron chi connectivity index (χ4n) is 3.56. The molecule has 3 heterocycles.